The van der Waals surface area contributed by atoms with Crippen molar-refractivity contribution in [1.82, 2.24) is 4.90 Å². The molecule has 3 aromatic rings. The van der Waals surface area contributed by atoms with Crippen LogP contribution < -0.4 is 14.2 Å². The Hall–Kier alpha value is -3.26. The molecule has 7 nitrogen and oxygen atoms in total. The molecule has 1 aliphatic rings. The lowest BCUT2D eigenvalue weighted by molar-refractivity contribution is -0.148. The number of hydrogen-bond acceptors (Lipinski definition) is 6. The van der Waals surface area contributed by atoms with E-state index in [1.54, 1.807) is 21.3 Å². The Kier molecular flexibility index (Phi) is 9.20. The van der Waals surface area contributed by atoms with Gasteiger partial charge in [0.1, 0.15) is 22.8 Å². The maximum Gasteiger partial charge on any atom is 0.309 e. The number of methoxy groups -OCH3 is 3. The lowest BCUT2D eigenvalue weighted by Gasteiger charge is -2.39. The highest BCUT2D eigenvalue weighted by atomic mass is 35.5. The van der Waals surface area contributed by atoms with Crippen molar-refractivity contribution < 1.29 is 28.8 Å². The lowest BCUT2D eigenvalue weighted by Crippen LogP contribution is -2.51. The first-order chi connectivity index (χ1) is 17.0. The number of carboxylic acid groups (broad SMARTS) is 1. The number of carboxylic acids is 1. The van der Waals surface area contributed by atoms with Gasteiger partial charge >= 0.3 is 5.97 Å². The van der Waals surface area contributed by atoms with E-state index in [1.807, 2.05) is 72.8 Å². The summed E-state index contributed by atoms with van der Waals surface area (Å²) in [5.74, 6) is 1.22. The number of nitrogens with zero attached hydrogens (tertiary/aromatic N) is 1. The van der Waals surface area contributed by atoms with E-state index in [9.17, 15) is 9.90 Å². The standard InChI is InChI=1S/C28H31NO6.ClH/c1-32-24-10-4-21(5-11-24)28(22-6-12-25(33-2)13-7-22,23-8-14-26(34-3)15-9-23)35-17-16-29-18-20(19-29)27(30)31;/h4-15,20H,16-19H2,1-3H3,(H,30,31);1H. The molecular formula is C28H32ClNO6. The predicted molar refractivity (Wildman–Crippen MR) is 140 cm³/mol. The number of halogens is 1. The first-order valence-electron chi connectivity index (χ1n) is 11.5. The minimum absolute atomic E-state index is 0. The first-order valence-corrected chi connectivity index (χ1v) is 11.5. The fourth-order valence-electron chi connectivity index (χ4n) is 4.46. The molecule has 0 aromatic heterocycles. The predicted octanol–water partition coefficient (Wildman–Crippen LogP) is 4.46. The maximum absolute atomic E-state index is 11.2. The first kappa shape index (κ1) is 27.3. The SMILES string of the molecule is COc1ccc(C(OCCN2CC(C(=O)O)C2)(c2ccc(OC)cc2)c2ccc(OC)cc2)cc1.Cl. The van der Waals surface area contributed by atoms with Crippen molar-refractivity contribution >= 4 is 18.4 Å². The van der Waals surface area contributed by atoms with Gasteiger partial charge in [0.25, 0.3) is 0 Å². The number of likely N-dealkylation sites (tertiary alicyclic amines) is 1. The summed E-state index contributed by atoms with van der Waals surface area (Å²) in [5.41, 5.74) is 1.92. The zero-order valence-electron chi connectivity index (χ0n) is 20.7. The van der Waals surface area contributed by atoms with Crippen LogP contribution >= 0.6 is 12.4 Å². The lowest BCUT2D eigenvalue weighted by atomic mass is 9.80. The third-order valence-electron chi connectivity index (χ3n) is 6.52. The molecule has 1 fully saturated rings. The summed E-state index contributed by atoms with van der Waals surface area (Å²) in [5, 5.41) is 9.19. The molecule has 1 N–H and O–H groups in total. The van der Waals surface area contributed by atoms with Gasteiger partial charge in [-0.25, -0.2) is 0 Å². The van der Waals surface area contributed by atoms with E-state index >= 15 is 0 Å². The third-order valence-corrected chi connectivity index (χ3v) is 6.52. The van der Waals surface area contributed by atoms with Gasteiger partial charge in [-0.15, -0.1) is 12.4 Å². The Balaban J connectivity index is 0.00000361. The molecule has 0 saturated carbocycles. The van der Waals surface area contributed by atoms with Crippen molar-refractivity contribution in [3.05, 3.63) is 89.5 Å². The zero-order chi connectivity index (χ0) is 24.8. The number of carbonyl (C=O) groups is 1. The van der Waals surface area contributed by atoms with E-state index in [-0.39, 0.29) is 18.3 Å². The van der Waals surface area contributed by atoms with Crippen molar-refractivity contribution in [3.8, 4) is 17.2 Å². The largest absolute Gasteiger partial charge is 0.497 e. The quantitative estimate of drug-likeness (QED) is 0.379. The van der Waals surface area contributed by atoms with Crippen LogP contribution in [-0.4, -0.2) is 63.5 Å². The summed E-state index contributed by atoms with van der Waals surface area (Å²) in [4.78, 5) is 13.3. The van der Waals surface area contributed by atoms with Gasteiger partial charge in [-0.05, 0) is 53.1 Å². The normalized spacial score (nSPS) is 13.9. The van der Waals surface area contributed by atoms with Crippen LogP contribution in [-0.2, 0) is 15.1 Å². The van der Waals surface area contributed by atoms with Crippen LogP contribution in [0.2, 0.25) is 0 Å². The van der Waals surface area contributed by atoms with Crippen molar-refractivity contribution in [3.63, 3.8) is 0 Å². The van der Waals surface area contributed by atoms with Gasteiger partial charge in [-0.3, -0.25) is 9.69 Å². The molecule has 36 heavy (non-hydrogen) atoms. The summed E-state index contributed by atoms with van der Waals surface area (Å²) in [7, 11) is 4.93. The van der Waals surface area contributed by atoms with Gasteiger partial charge in [0.2, 0.25) is 0 Å². The van der Waals surface area contributed by atoms with E-state index in [2.05, 4.69) is 4.90 Å². The highest BCUT2D eigenvalue weighted by molar-refractivity contribution is 5.85. The molecule has 1 aliphatic heterocycles. The summed E-state index contributed by atoms with van der Waals surface area (Å²) >= 11 is 0. The molecule has 8 heteroatoms. The third kappa shape index (κ3) is 5.59. The van der Waals surface area contributed by atoms with E-state index in [4.69, 9.17) is 18.9 Å². The van der Waals surface area contributed by atoms with Crippen LogP contribution in [0.3, 0.4) is 0 Å². The van der Waals surface area contributed by atoms with Gasteiger partial charge in [-0.1, -0.05) is 36.4 Å². The van der Waals surface area contributed by atoms with Gasteiger partial charge in [0.05, 0.1) is 33.9 Å². The highest BCUT2D eigenvalue weighted by Crippen LogP contribution is 2.42. The molecule has 4 rings (SSSR count). The van der Waals surface area contributed by atoms with Crippen molar-refractivity contribution in [2.75, 3.05) is 47.6 Å². The summed E-state index contributed by atoms with van der Waals surface area (Å²) in [6.07, 6.45) is 0. The van der Waals surface area contributed by atoms with Crippen LogP contribution in [0.4, 0.5) is 0 Å². The Morgan fingerprint density at radius 2 is 1.14 bits per heavy atom. The maximum atomic E-state index is 11.2. The van der Waals surface area contributed by atoms with E-state index in [1.165, 1.54) is 0 Å². The zero-order valence-corrected chi connectivity index (χ0v) is 21.5. The minimum atomic E-state index is -0.915. The van der Waals surface area contributed by atoms with Gasteiger partial charge in [0.15, 0.2) is 0 Å². The molecular weight excluding hydrogens is 482 g/mol. The average molecular weight is 514 g/mol. The van der Waals surface area contributed by atoms with Gasteiger partial charge in [0, 0.05) is 19.6 Å². The number of hydrogen-bond donors (Lipinski definition) is 1. The summed E-state index contributed by atoms with van der Waals surface area (Å²) < 4.78 is 23.0. The molecule has 0 aliphatic carbocycles. The monoisotopic (exact) mass is 513 g/mol. The van der Waals surface area contributed by atoms with Crippen LogP contribution in [0, 0.1) is 5.92 Å². The molecule has 0 amide bonds. The van der Waals surface area contributed by atoms with Crippen LogP contribution in [0.1, 0.15) is 16.7 Å². The second-order valence-electron chi connectivity index (χ2n) is 8.51. The molecule has 1 heterocycles. The second kappa shape index (κ2) is 12.1. The van der Waals surface area contributed by atoms with Crippen molar-refractivity contribution in [2.45, 2.75) is 5.60 Å². The van der Waals surface area contributed by atoms with Crippen LogP contribution in [0.15, 0.2) is 72.8 Å². The summed E-state index contributed by atoms with van der Waals surface area (Å²) in [6, 6.07) is 23.6. The smallest absolute Gasteiger partial charge is 0.309 e. The van der Waals surface area contributed by atoms with E-state index < -0.39 is 11.6 Å². The molecule has 0 radical (unpaired) electrons. The highest BCUT2D eigenvalue weighted by Gasteiger charge is 2.39. The molecule has 0 bridgehead atoms. The van der Waals surface area contributed by atoms with Crippen LogP contribution in [0.25, 0.3) is 0 Å². The topological polar surface area (TPSA) is 77.5 Å². The minimum Gasteiger partial charge on any atom is -0.497 e. The fourth-order valence-corrected chi connectivity index (χ4v) is 4.46. The van der Waals surface area contributed by atoms with Crippen molar-refractivity contribution in [2.24, 2.45) is 5.92 Å². The van der Waals surface area contributed by atoms with E-state index in [0.717, 1.165) is 33.9 Å². The summed E-state index contributed by atoms with van der Waals surface area (Å²) in [6.45, 7) is 2.13. The molecule has 0 unspecified atom stereocenters. The number of ether oxygens (including phenoxy) is 4. The second-order valence-corrected chi connectivity index (χ2v) is 8.51. The fraction of sp³-hybridized carbons (Fsp3) is 0.321. The average Bonchev–Trinajstić information content (AvgIpc) is 2.88. The molecule has 1 saturated heterocycles. The molecule has 0 atom stereocenters. The molecule has 3 aromatic carbocycles. The molecule has 0 spiro atoms. The Bertz CT molecular complexity index is 997. The van der Waals surface area contributed by atoms with Gasteiger partial charge < -0.3 is 24.1 Å². The van der Waals surface area contributed by atoms with Crippen LogP contribution in [0.5, 0.6) is 17.2 Å². The molecule has 192 valence electrons. The van der Waals surface area contributed by atoms with Crippen molar-refractivity contribution in [1.29, 1.82) is 0 Å². The number of aliphatic carboxylic acids is 1. The van der Waals surface area contributed by atoms with Gasteiger partial charge in [-0.2, -0.15) is 0 Å². The number of benzene rings is 3. The Morgan fingerprint density at radius 1 is 0.778 bits per heavy atom. The Morgan fingerprint density at radius 3 is 1.44 bits per heavy atom. The number of rotatable bonds is 11. The van der Waals surface area contributed by atoms with E-state index in [0.29, 0.717) is 26.2 Å². The Labute approximate surface area is 218 Å².